The van der Waals surface area contributed by atoms with E-state index in [1.54, 1.807) is 0 Å². The monoisotopic (exact) mass is 338 g/mol. The normalized spacial score (nSPS) is 10.9. The molecular formula is C20H22N2OS. The predicted molar refractivity (Wildman–Crippen MR) is 100 cm³/mol. The fourth-order valence-corrected chi connectivity index (χ4v) is 3.05. The van der Waals surface area contributed by atoms with E-state index in [4.69, 9.17) is 5.26 Å². The second-order valence-electron chi connectivity index (χ2n) is 6.54. The third-order valence-electron chi connectivity index (χ3n) is 3.68. The maximum absolute atomic E-state index is 12.5. The van der Waals surface area contributed by atoms with Gasteiger partial charge in [0.2, 0.25) is 5.91 Å². The molecule has 3 nitrogen and oxygen atoms in total. The van der Waals surface area contributed by atoms with E-state index in [2.05, 4.69) is 51.1 Å². The average Bonchev–Trinajstić information content (AvgIpc) is 2.58. The van der Waals surface area contributed by atoms with Crippen molar-refractivity contribution in [1.82, 2.24) is 0 Å². The molecule has 24 heavy (non-hydrogen) atoms. The van der Waals surface area contributed by atoms with E-state index in [1.165, 1.54) is 22.2 Å². The molecule has 0 aliphatic heterocycles. The molecule has 0 aromatic heterocycles. The highest BCUT2D eigenvalue weighted by molar-refractivity contribution is 8.00. The van der Waals surface area contributed by atoms with E-state index in [-0.39, 0.29) is 17.9 Å². The number of nitrogens with zero attached hydrogens (tertiary/aromatic N) is 2. The van der Waals surface area contributed by atoms with E-state index in [0.717, 1.165) is 10.6 Å². The van der Waals surface area contributed by atoms with E-state index >= 15 is 0 Å². The Hall–Kier alpha value is -2.25. The molecule has 4 heteroatoms. The Morgan fingerprint density at radius 3 is 2.25 bits per heavy atom. The van der Waals surface area contributed by atoms with Crippen LogP contribution in [0, 0.1) is 11.3 Å². The summed E-state index contributed by atoms with van der Waals surface area (Å²) in [5, 5.41) is 8.99. The number of amides is 1. The van der Waals surface area contributed by atoms with Crippen LogP contribution in [-0.4, -0.2) is 18.2 Å². The highest BCUT2D eigenvalue weighted by Crippen LogP contribution is 2.26. The summed E-state index contributed by atoms with van der Waals surface area (Å²) >= 11 is 1.50. The zero-order chi connectivity index (χ0) is 17.6. The molecule has 0 radical (unpaired) electrons. The SMILES string of the molecule is CC(C)(C)c1ccc(SCC(=O)N(CC#N)c2ccccc2)cc1. The number of carbonyl (C=O) groups is 1. The van der Waals surface area contributed by atoms with Gasteiger partial charge in [-0.2, -0.15) is 5.26 Å². The van der Waals surface area contributed by atoms with Crippen molar-refractivity contribution in [2.75, 3.05) is 17.2 Å². The molecule has 2 aromatic rings. The number of nitriles is 1. The van der Waals surface area contributed by atoms with Crippen molar-refractivity contribution in [2.24, 2.45) is 0 Å². The first kappa shape index (κ1) is 18.1. The molecule has 0 bridgehead atoms. The lowest BCUT2D eigenvalue weighted by Crippen LogP contribution is -2.32. The highest BCUT2D eigenvalue weighted by Gasteiger charge is 2.16. The van der Waals surface area contributed by atoms with Crippen LogP contribution in [-0.2, 0) is 10.2 Å². The average molecular weight is 338 g/mol. The molecule has 0 spiro atoms. The summed E-state index contributed by atoms with van der Waals surface area (Å²) in [5.41, 5.74) is 2.15. The fraction of sp³-hybridized carbons (Fsp3) is 0.300. The number of para-hydroxylation sites is 1. The molecular weight excluding hydrogens is 316 g/mol. The maximum atomic E-state index is 12.5. The van der Waals surface area contributed by atoms with Crippen LogP contribution in [0.2, 0.25) is 0 Å². The summed E-state index contributed by atoms with van der Waals surface area (Å²) in [7, 11) is 0. The number of hydrogen-bond donors (Lipinski definition) is 0. The molecule has 0 fully saturated rings. The van der Waals surface area contributed by atoms with Crippen molar-refractivity contribution >= 4 is 23.4 Å². The van der Waals surface area contributed by atoms with Crippen LogP contribution in [0.15, 0.2) is 59.5 Å². The minimum absolute atomic E-state index is 0.0619. The van der Waals surface area contributed by atoms with Gasteiger partial charge in [0.15, 0.2) is 0 Å². The zero-order valence-electron chi connectivity index (χ0n) is 14.3. The minimum atomic E-state index is -0.0624. The first-order valence-electron chi connectivity index (χ1n) is 7.87. The first-order valence-corrected chi connectivity index (χ1v) is 8.86. The lowest BCUT2D eigenvalue weighted by molar-refractivity contribution is -0.116. The Kier molecular flexibility index (Phi) is 6.05. The molecule has 2 aromatic carbocycles. The van der Waals surface area contributed by atoms with Crippen LogP contribution in [0.25, 0.3) is 0 Å². The summed E-state index contributed by atoms with van der Waals surface area (Å²) in [6, 6.07) is 19.7. The largest absolute Gasteiger partial charge is 0.298 e. The van der Waals surface area contributed by atoms with Crippen LogP contribution in [0.5, 0.6) is 0 Å². The second kappa shape index (κ2) is 8.03. The van der Waals surface area contributed by atoms with Crippen LogP contribution < -0.4 is 4.90 Å². The molecule has 0 unspecified atom stereocenters. The molecule has 0 heterocycles. The van der Waals surface area contributed by atoms with Gasteiger partial charge in [-0.3, -0.25) is 9.69 Å². The van der Waals surface area contributed by atoms with Crippen molar-refractivity contribution in [3.63, 3.8) is 0 Å². The van der Waals surface area contributed by atoms with Crippen molar-refractivity contribution in [1.29, 1.82) is 5.26 Å². The van der Waals surface area contributed by atoms with Crippen molar-refractivity contribution < 1.29 is 4.79 Å². The lowest BCUT2D eigenvalue weighted by atomic mass is 9.87. The van der Waals surface area contributed by atoms with E-state index in [0.29, 0.717) is 5.75 Å². The van der Waals surface area contributed by atoms with Crippen molar-refractivity contribution in [3.8, 4) is 6.07 Å². The smallest absolute Gasteiger partial charge is 0.238 e. The first-order chi connectivity index (χ1) is 11.4. The minimum Gasteiger partial charge on any atom is -0.298 e. The number of rotatable bonds is 5. The van der Waals surface area contributed by atoms with Gasteiger partial charge in [0.05, 0.1) is 11.8 Å². The van der Waals surface area contributed by atoms with Crippen LogP contribution in [0.3, 0.4) is 0 Å². The number of hydrogen-bond acceptors (Lipinski definition) is 3. The lowest BCUT2D eigenvalue weighted by Gasteiger charge is -2.20. The topological polar surface area (TPSA) is 44.1 Å². The van der Waals surface area contributed by atoms with E-state index in [1.807, 2.05) is 30.3 Å². The van der Waals surface area contributed by atoms with Gasteiger partial charge in [0.25, 0.3) is 0 Å². The van der Waals surface area contributed by atoms with Gasteiger partial charge in [-0.05, 0) is 35.2 Å². The maximum Gasteiger partial charge on any atom is 0.238 e. The zero-order valence-corrected chi connectivity index (χ0v) is 15.1. The molecule has 0 saturated heterocycles. The molecule has 1 amide bonds. The molecule has 0 N–H and O–H groups in total. The third-order valence-corrected chi connectivity index (χ3v) is 4.68. The second-order valence-corrected chi connectivity index (χ2v) is 7.59. The van der Waals surface area contributed by atoms with Gasteiger partial charge < -0.3 is 0 Å². The Bertz CT molecular complexity index is 712. The molecule has 0 aliphatic rings. The van der Waals surface area contributed by atoms with Gasteiger partial charge in [-0.15, -0.1) is 11.8 Å². The summed E-state index contributed by atoms with van der Waals surface area (Å²) in [6.45, 7) is 6.60. The fourth-order valence-electron chi connectivity index (χ4n) is 2.28. The summed E-state index contributed by atoms with van der Waals surface area (Å²) < 4.78 is 0. The number of anilines is 1. The van der Waals surface area contributed by atoms with Gasteiger partial charge >= 0.3 is 0 Å². The Balaban J connectivity index is 2.02. The van der Waals surface area contributed by atoms with Gasteiger partial charge in [0, 0.05) is 10.6 Å². The molecule has 2 rings (SSSR count). The summed E-state index contributed by atoms with van der Waals surface area (Å²) in [4.78, 5) is 15.1. The quantitative estimate of drug-likeness (QED) is 0.589. The number of thioether (sulfide) groups is 1. The summed E-state index contributed by atoms with van der Waals surface area (Å²) in [6.07, 6.45) is 0. The Labute approximate surface area is 148 Å². The summed E-state index contributed by atoms with van der Waals surface area (Å²) in [5.74, 6) is 0.249. The van der Waals surface area contributed by atoms with Crippen LogP contribution in [0.1, 0.15) is 26.3 Å². The van der Waals surface area contributed by atoms with E-state index in [9.17, 15) is 4.79 Å². The van der Waals surface area contributed by atoms with Crippen LogP contribution in [0.4, 0.5) is 5.69 Å². The number of benzene rings is 2. The molecule has 0 atom stereocenters. The van der Waals surface area contributed by atoms with Crippen LogP contribution >= 0.6 is 11.8 Å². The Morgan fingerprint density at radius 2 is 1.71 bits per heavy atom. The molecule has 0 saturated carbocycles. The van der Waals surface area contributed by atoms with Gasteiger partial charge in [0.1, 0.15) is 6.54 Å². The van der Waals surface area contributed by atoms with Crippen molar-refractivity contribution in [2.45, 2.75) is 31.1 Å². The van der Waals surface area contributed by atoms with Gasteiger partial charge in [-0.1, -0.05) is 51.1 Å². The highest BCUT2D eigenvalue weighted by atomic mass is 32.2. The third kappa shape index (κ3) is 4.87. The Morgan fingerprint density at radius 1 is 1.08 bits per heavy atom. The van der Waals surface area contributed by atoms with E-state index < -0.39 is 0 Å². The molecule has 124 valence electrons. The standard InChI is InChI=1S/C20H22N2OS/c1-20(2,3)16-9-11-18(12-10-16)24-15-19(23)22(14-13-21)17-7-5-4-6-8-17/h4-12H,14-15H2,1-3H3. The number of carbonyl (C=O) groups excluding carboxylic acids is 1. The predicted octanol–water partition coefficient (Wildman–Crippen LogP) is 4.63. The van der Waals surface area contributed by atoms with Crippen molar-refractivity contribution in [3.05, 3.63) is 60.2 Å². The van der Waals surface area contributed by atoms with Gasteiger partial charge in [-0.25, -0.2) is 0 Å². The molecule has 0 aliphatic carbocycles.